The Hall–Kier alpha value is -0.780. The van der Waals surface area contributed by atoms with Crippen LogP contribution in [0.25, 0.3) is 0 Å². The zero-order valence-electron chi connectivity index (χ0n) is 11.7. The number of nitrogens with zero attached hydrogens (tertiary/aromatic N) is 1. The van der Waals surface area contributed by atoms with Crippen molar-refractivity contribution in [2.45, 2.75) is 55.0 Å². The summed E-state index contributed by atoms with van der Waals surface area (Å²) in [5, 5.41) is 4.97. The number of hydrogen-bond donors (Lipinski definition) is 2. The van der Waals surface area contributed by atoms with Crippen molar-refractivity contribution in [3.05, 3.63) is 23.4 Å². The van der Waals surface area contributed by atoms with Crippen LogP contribution in [0, 0.1) is 0 Å². The average Bonchev–Trinajstić information content (AvgIpc) is 3.15. The van der Waals surface area contributed by atoms with E-state index in [0.29, 0.717) is 17.5 Å². The summed E-state index contributed by atoms with van der Waals surface area (Å²) >= 11 is 7.68. The Morgan fingerprint density at radius 1 is 1.70 bits per heavy atom. The van der Waals surface area contributed by atoms with Gasteiger partial charge in [0.2, 0.25) is 5.91 Å². The van der Waals surface area contributed by atoms with Gasteiger partial charge in [-0.25, -0.2) is 4.98 Å². The molecule has 0 saturated heterocycles. The van der Waals surface area contributed by atoms with Crippen molar-refractivity contribution in [2.24, 2.45) is 5.73 Å². The van der Waals surface area contributed by atoms with Crippen LogP contribution in [0.5, 0.6) is 0 Å². The lowest BCUT2D eigenvalue weighted by Crippen LogP contribution is -2.55. The summed E-state index contributed by atoms with van der Waals surface area (Å²) in [5.74, 6) is -0.302. The molecule has 1 aromatic rings. The highest BCUT2D eigenvalue weighted by Crippen LogP contribution is 2.33. The van der Waals surface area contributed by atoms with E-state index >= 15 is 0 Å². The van der Waals surface area contributed by atoms with Crippen LogP contribution in [-0.2, 0) is 4.79 Å². The summed E-state index contributed by atoms with van der Waals surface area (Å²) in [5.41, 5.74) is 4.89. The monoisotopic (exact) mass is 313 g/mol. The quantitative estimate of drug-likeness (QED) is 0.759. The number of halogens is 1. The lowest BCUT2D eigenvalue weighted by molar-refractivity contribution is -0.124. The van der Waals surface area contributed by atoms with Crippen LogP contribution in [0.4, 0.5) is 0 Å². The highest BCUT2D eigenvalue weighted by atomic mass is 35.5. The van der Waals surface area contributed by atoms with Gasteiger partial charge in [0.25, 0.3) is 0 Å². The van der Waals surface area contributed by atoms with Crippen molar-refractivity contribution >= 4 is 29.3 Å². The fourth-order valence-electron chi connectivity index (χ4n) is 2.17. The zero-order valence-corrected chi connectivity index (χ0v) is 13.3. The smallest absolute Gasteiger partial charge is 0.237 e. The van der Waals surface area contributed by atoms with Crippen molar-refractivity contribution < 1.29 is 4.79 Å². The second-order valence-corrected chi connectivity index (χ2v) is 7.37. The standard InChI is InChI=1S/C14H20ClN3OS/c1-9(20-12-11(15)4-3-7-17-12)8-14(2,13(16)19)18-10-5-6-10/h3-4,7,9-10,18H,5-6,8H2,1-2H3,(H2,16,19). The summed E-state index contributed by atoms with van der Waals surface area (Å²) in [6.07, 6.45) is 4.61. The molecule has 1 aliphatic carbocycles. The molecule has 0 aromatic carbocycles. The minimum atomic E-state index is -0.672. The van der Waals surface area contributed by atoms with Crippen molar-refractivity contribution in [3.8, 4) is 0 Å². The van der Waals surface area contributed by atoms with Gasteiger partial charge in [0, 0.05) is 17.5 Å². The molecule has 1 aromatic heterocycles. The molecule has 110 valence electrons. The first kappa shape index (κ1) is 15.6. The summed E-state index contributed by atoms with van der Waals surface area (Å²) < 4.78 is 0. The number of pyridine rings is 1. The van der Waals surface area contributed by atoms with Gasteiger partial charge >= 0.3 is 0 Å². The number of nitrogens with one attached hydrogen (secondary N) is 1. The van der Waals surface area contributed by atoms with E-state index in [4.69, 9.17) is 17.3 Å². The third-order valence-electron chi connectivity index (χ3n) is 3.38. The summed E-state index contributed by atoms with van der Waals surface area (Å²) in [6.45, 7) is 3.94. The Kier molecular flexibility index (Phi) is 4.94. The molecule has 20 heavy (non-hydrogen) atoms. The van der Waals surface area contributed by atoms with Crippen LogP contribution < -0.4 is 11.1 Å². The molecule has 3 N–H and O–H groups in total. The molecule has 4 nitrogen and oxygen atoms in total. The van der Waals surface area contributed by atoms with Crippen molar-refractivity contribution in [1.82, 2.24) is 10.3 Å². The summed E-state index contributed by atoms with van der Waals surface area (Å²) in [4.78, 5) is 16.0. The molecule has 6 heteroatoms. The predicted octanol–water partition coefficient (Wildman–Crippen LogP) is 2.60. The first-order chi connectivity index (χ1) is 9.40. The number of hydrogen-bond acceptors (Lipinski definition) is 4. The van der Waals surface area contributed by atoms with Crippen LogP contribution in [0.2, 0.25) is 5.02 Å². The summed E-state index contributed by atoms with van der Waals surface area (Å²) in [6, 6.07) is 4.06. The molecule has 1 fully saturated rings. The largest absolute Gasteiger partial charge is 0.368 e. The molecule has 1 amide bonds. The van der Waals surface area contributed by atoms with Crippen LogP contribution >= 0.6 is 23.4 Å². The normalized spacial score (nSPS) is 19.4. The van der Waals surface area contributed by atoms with Crippen LogP contribution in [-0.4, -0.2) is 27.7 Å². The Labute approximate surface area is 128 Å². The van der Waals surface area contributed by atoms with Crippen LogP contribution in [0.1, 0.15) is 33.1 Å². The van der Waals surface area contributed by atoms with E-state index in [1.54, 1.807) is 24.0 Å². The molecule has 1 saturated carbocycles. The van der Waals surface area contributed by atoms with Gasteiger partial charge in [0.15, 0.2) is 0 Å². The fourth-order valence-corrected chi connectivity index (χ4v) is 3.53. The molecule has 0 aliphatic heterocycles. The van der Waals surface area contributed by atoms with Crippen molar-refractivity contribution in [3.63, 3.8) is 0 Å². The highest BCUT2D eigenvalue weighted by Gasteiger charge is 2.38. The van der Waals surface area contributed by atoms with E-state index in [0.717, 1.165) is 17.9 Å². The second kappa shape index (κ2) is 6.33. The Bertz CT molecular complexity index is 495. The van der Waals surface area contributed by atoms with E-state index in [1.165, 1.54) is 0 Å². The maximum atomic E-state index is 11.7. The topological polar surface area (TPSA) is 68.0 Å². The average molecular weight is 314 g/mol. The van der Waals surface area contributed by atoms with E-state index in [-0.39, 0.29) is 11.2 Å². The van der Waals surface area contributed by atoms with Gasteiger partial charge in [0.1, 0.15) is 5.03 Å². The van der Waals surface area contributed by atoms with Gasteiger partial charge in [-0.15, -0.1) is 11.8 Å². The van der Waals surface area contributed by atoms with Crippen molar-refractivity contribution in [2.75, 3.05) is 0 Å². The molecule has 0 radical (unpaired) electrons. The number of amides is 1. The minimum absolute atomic E-state index is 0.186. The number of rotatable bonds is 7. The van der Waals surface area contributed by atoms with Crippen LogP contribution in [0.3, 0.4) is 0 Å². The predicted molar refractivity (Wildman–Crippen MR) is 82.9 cm³/mol. The van der Waals surface area contributed by atoms with Crippen LogP contribution in [0.15, 0.2) is 23.4 Å². The van der Waals surface area contributed by atoms with Gasteiger partial charge in [-0.1, -0.05) is 18.5 Å². The molecule has 1 heterocycles. The SMILES string of the molecule is CC(CC(C)(NC1CC1)C(N)=O)Sc1ncccc1Cl. The molecule has 0 bridgehead atoms. The number of aromatic nitrogens is 1. The van der Waals surface area contributed by atoms with E-state index in [1.807, 2.05) is 13.0 Å². The highest BCUT2D eigenvalue weighted by molar-refractivity contribution is 7.99. The third kappa shape index (κ3) is 4.11. The first-order valence-electron chi connectivity index (χ1n) is 6.75. The fraction of sp³-hybridized carbons (Fsp3) is 0.571. The van der Waals surface area contributed by atoms with Gasteiger partial charge in [0.05, 0.1) is 10.6 Å². The lowest BCUT2D eigenvalue weighted by atomic mass is 9.95. The second-order valence-electron chi connectivity index (χ2n) is 5.54. The molecule has 2 atom stereocenters. The number of thioether (sulfide) groups is 1. The number of nitrogens with two attached hydrogens (primary N) is 1. The van der Waals surface area contributed by atoms with Crippen molar-refractivity contribution in [1.29, 1.82) is 0 Å². The molecule has 2 unspecified atom stereocenters. The van der Waals surface area contributed by atoms with Gasteiger partial charge in [-0.2, -0.15) is 0 Å². The van der Waals surface area contributed by atoms with Gasteiger partial charge < -0.3 is 11.1 Å². The van der Waals surface area contributed by atoms with E-state index in [2.05, 4.69) is 17.2 Å². The maximum absolute atomic E-state index is 11.7. The molecule has 0 spiro atoms. The Morgan fingerprint density at radius 3 is 2.95 bits per heavy atom. The number of carbonyl (C=O) groups excluding carboxylic acids is 1. The van der Waals surface area contributed by atoms with E-state index in [9.17, 15) is 4.79 Å². The number of carbonyl (C=O) groups is 1. The van der Waals surface area contributed by atoms with E-state index < -0.39 is 5.54 Å². The molecule has 2 rings (SSSR count). The maximum Gasteiger partial charge on any atom is 0.237 e. The minimum Gasteiger partial charge on any atom is -0.368 e. The Balaban J connectivity index is 1.99. The van der Waals surface area contributed by atoms with Gasteiger partial charge in [-0.05, 0) is 38.3 Å². The van der Waals surface area contributed by atoms with Gasteiger partial charge in [-0.3, -0.25) is 4.79 Å². The summed E-state index contributed by atoms with van der Waals surface area (Å²) in [7, 11) is 0. The first-order valence-corrected chi connectivity index (χ1v) is 8.01. The third-order valence-corrected chi connectivity index (χ3v) is 4.91. The molecule has 1 aliphatic rings. The Morgan fingerprint density at radius 2 is 2.40 bits per heavy atom. The molecular weight excluding hydrogens is 294 g/mol. The zero-order chi connectivity index (χ0) is 14.8. The lowest BCUT2D eigenvalue weighted by Gasteiger charge is -2.30. The molecular formula is C14H20ClN3OS. The number of primary amides is 1.